The minimum atomic E-state index is -0.284. The molecule has 1 N–H and O–H groups in total. The van der Waals surface area contributed by atoms with Gasteiger partial charge in [0.2, 0.25) is 17.6 Å². The Kier molecular flexibility index (Phi) is 6.07. The topological polar surface area (TPSA) is 84.2 Å². The minimum Gasteiger partial charge on any atom is -0.355 e. The van der Waals surface area contributed by atoms with Crippen molar-refractivity contribution in [1.29, 1.82) is 0 Å². The first kappa shape index (κ1) is 21.6. The summed E-state index contributed by atoms with van der Waals surface area (Å²) in [6.45, 7) is 3.30. The minimum absolute atomic E-state index is 0.000775. The third-order valence-electron chi connectivity index (χ3n) is 6.74. The maximum atomic E-state index is 13.2. The van der Waals surface area contributed by atoms with Gasteiger partial charge in [0.25, 0.3) is 0 Å². The molecule has 0 unspecified atom stereocenters. The molecule has 3 heterocycles. The summed E-state index contributed by atoms with van der Waals surface area (Å²) < 4.78 is 18.7. The molecule has 33 heavy (non-hydrogen) atoms. The molecule has 0 spiro atoms. The standard InChI is InChI=1S/C25H28FN5O2/c1-16(17-9-11-20(26)12-10-17)28-24(32)19-7-4-14-31(15-19)23-21(8-3-13-27-23)22-29-25(33-30-22)18-5-2-6-18/h3,8-13,16,18-19H,2,4-7,14-15H2,1H3,(H,28,32)/t16-,19-/m0/s1. The number of halogens is 1. The molecule has 1 saturated heterocycles. The Morgan fingerprint density at radius 2 is 2.00 bits per heavy atom. The molecule has 1 aliphatic carbocycles. The van der Waals surface area contributed by atoms with Gasteiger partial charge in [0.1, 0.15) is 11.6 Å². The first-order valence-electron chi connectivity index (χ1n) is 11.7. The molecule has 172 valence electrons. The number of pyridine rings is 1. The summed E-state index contributed by atoms with van der Waals surface area (Å²) in [6, 6.07) is 9.87. The lowest BCUT2D eigenvalue weighted by Crippen LogP contribution is -2.44. The van der Waals surface area contributed by atoms with E-state index in [1.165, 1.54) is 18.6 Å². The maximum Gasteiger partial charge on any atom is 0.230 e. The summed E-state index contributed by atoms with van der Waals surface area (Å²) in [5, 5.41) is 7.30. The van der Waals surface area contributed by atoms with Crippen molar-refractivity contribution in [2.75, 3.05) is 18.0 Å². The van der Waals surface area contributed by atoms with Gasteiger partial charge in [-0.2, -0.15) is 4.98 Å². The molecular weight excluding hydrogens is 421 g/mol. The molecule has 2 atom stereocenters. The predicted octanol–water partition coefficient (Wildman–Crippen LogP) is 4.63. The van der Waals surface area contributed by atoms with Gasteiger partial charge in [-0.25, -0.2) is 9.37 Å². The molecule has 0 bridgehead atoms. The zero-order valence-electron chi connectivity index (χ0n) is 18.7. The highest BCUT2D eigenvalue weighted by atomic mass is 19.1. The Bertz CT molecular complexity index is 1110. The number of amides is 1. The molecule has 5 rings (SSSR count). The maximum absolute atomic E-state index is 13.2. The van der Waals surface area contributed by atoms with E-state index in [2.05, 4.69) is 25.3 Å². The Morgan fingerprint density at radius 3 is 2.76 bits per heavy atom. The average molecular weight is 450 g/mol. The van der Waals surface area contributed by atoms with Crippen LogP contribution in [0.25, 0.3) is 11.4 Å². The second-order valence-corrected chi connectivity index (χ2v) is 9.03. The van der Waals surface area contributed by atoms with E-state index in [0.29, 0.717) is 24.2 Å². The number of aromatic nitrogens is 3. The van der Waals surface area contributed by atoms with Gasteiger partial charge < -0.3 is 14.7 Å². The van der Waals surface area contributed by atoms with Crippen LogP contribution in [0.3, 0.4) is 0 Å². The molecule has 3 aromatic rings. The van der Waals surface area contributed by atoms with Gasteiger partial charge >= 0.3 is 0 Å². The Hall–Kier alpha value is -3.29. The number of carbonyl (C=O) groups excluding carboxylic acids is 1. The van der Waals surface area contributed by atoms with E-state index in [1.54, 1.807) is 18.3 Å². The number of hydrogen-bond acceptors (Lipinski definition) is 6. The van der Waals surface area contributed by atoms with Gasteiger partial charge in [0.15, 0.2) is 0 Å². The van der Waals surface area contributed by atoms with Crippen molar-refractivity contribution in [1.82, 2.24) is 20.4 Å². The first-order chi connectivity index (χ1) is 16.1. The van der Waals surface area contributed by atoms with E-state index >= 15 is 0 Å². The summed E-state index contributed by atoms with van der Waals surface area (Å²) in [5.74, 6) is 1.97. The van der Waals surface area contributed by atoms with Gasteiger partial charge in [-0.1, -0.05) is 23.7 Å². The van der Waals surface area contributed by atoms with E-state index in [-0.39, 0.29) is 23.7 Å². The smallest absolute Gasteiger partial charge is 0.230 e. The van der Waals surface area contributed by atoms with Crippen LogP contribution < -0.4 is 10.2 Å². The zero-order valence-corrected chi connectivity index (χ0v) is 18.7. The third kappa shape index (κ3) is 4.60. The third-order valence-corrected chi connectivity index (χ3v) is 6.74. The van der Waals surface area contributed by atoms with E-state index in [1.807, 2.05) is 19.1 Å². The van der Waals surface area contributed by atoms with Gasteiger partial charge in [-0.15, -0.1) is 0 Å². The molecule has 0 radical (unpaired) electrons. The average Bonchev–Trinajstić information content (AvgIpc) is 3.27. The number of carbonyl (C=O) groups is 1. The SMILES string of the molecule is C[C@H](NC(=O)[C@H]1CCCN(c2ncccc2-c2noc(C3CCC3)n2)C1)c1ccc(F)cc1. The fourth-order valence-corrected chi connectivity index (χ4v) is 4.54. The van der Waals surface area contributed by atoms with E-state index in [0.717, 1.165) is 49.2 Å². The van der Waals surface area contributed by atoms with Gasteiger partial charge in [-0.05, 0) is 62.4 Å². The summed E-state index contributed by atoms with van der Waals surface area (Å²) in [5.41, 5.74) is 1.70. The van der Waals surface area contributed by atoms with E-state index in [4.69, 9.17) is 4.52 Å². The van der Waals surface area contributed by atoms with Crippen LogP contribution in [0.5, 0.6) is 0 Å². The molecule has 1 amide bonds. The van der Waals surface area contributed by atoms with Crippen LogP contribution in [0.15, 0.2) is 47.1 Å². The van der Waals surface area contributed by atoms with Gasteiger partial charge in [0.05, 0.1) is 17.5 Å². The number of nitrogens with zero attached hydrogens (tertiary/aromatic N) is 4. The molecule has 1 aromatic carbocycles. The number of benzene rings is 1. The number of nitrogens with one attached hydrogen (secondary N) is 1. The fourth-order valence-electron chi connectivity index (χ4n) is 4.54. The Labute approximate surface area is 192 Å². The number of hydrogen-bond donors (Lipinski definition) is 1. The molecule has 7 nitrogen and oxygen atoms in total. The molecule has 2 aliphatic rings. The second kappa shape index (κ2) is 9.29. The Balaban J connectivity index is 1.29. The van der Waals surface area contributed by atoms with Crippen LogP contribution in [0.4, 0.5) is 10.2 Å². The van der Waals surface area contributed by atoms with Crippen molar-refractivity contribution < 1.29 is 13.7 Å². The lowest BCUT2D eigenvalue weighted by molar-refractivity contribution is -0.125. The van der Waals surface area contributed by atoms with Crippen molar-refractivity contribution in [3.63, 3.8) is 0 Å². The van der Waals surface area contributed by atoms with E-state index < -0.39 is 0 Å². The predicted molar refractivity (Wildman–Crippen MR) is 122 cm³/mol. The highest BCUT2D eigenvalue weighted by Gasteiger charge is 2.30. The van der Waals surface area contributed by atoms with Crippen molar-refractivity contribution >= 4 is 11.7 Å². The van der Waals surface area contributed by atoms with Crippen LogP contribution in [0.2, 0.25) is 0 Å². The zero-order chi connectivity index (χ0) is 22.8. The van der Waals surface area contributed by atoms with Crippen LogP contribution in [-0.2, 0) is 4.79 Å². The summed E-state index contributed by atoms with van der Waals surface area (Å²) in [7, 11) is 0. The van der Waals surface area contributed by atoms with Crippen LogP contribution in [0.1, 0.15) is 62.4 Å². The molecule has 8 heteroatoms. The summed E-state index contributed by atoms with van der Waals surface area (Å²) >= 11 is 0. The molecule has 2 fully saturated rings. The fraction of sp³-hybridized carbons (Fsp3) is 0.440. The molecule has 1 aliphatic heterocycles. The molecule has 2 aromatic heterocycles. The highest BCUT2D eigenvalue weighted by Crippen LogP contribution is 2.37. The molecular formula is C25H28FN5O2. The van der Waals surface area contributed by atoms with Crippen LogP contribution in [-0.4, -0.2) is 34.1 Å². The van der Waals surface area contributed by atoms with Gasteiger partial charge in [0, 0.05) is 25.2 Å². The van der Waals surface area contributed by atoms with E-state index in [9.17, 15) is 9.18 Å². The quantitative estimate of drug-likeness (QED) is 0.591. The Morgan fingerprint density at radius 1 is 1.18 bits per heavy atom. The monoisotopic (exact) mass is 449 g/mol. The van der Waals surface area contributed by atoms with Crippen LogP contribution >= 0.6 is 0 Å². The largest absolute Gasteiger partial charge is 0.355 e. The van der Waals surface area contributed by atoms with Crippen molar-refractivity contribution in [3.05, 3.63) is 59.9 Å². The number of piperidine rings is 1. The number of rotatable bonds is 6. The molecule has 1 saturated carbocycles. The highest BCUT2D eigenvalue weighted by molar-refractivity contribution is 5.80. The normalized spacial score (nSPS) is 19.7. The lowest BCUT2D eigenvalue weighted by atomic mass is 9.85. The number of anilines is 1. The second-order valence-electron chi connectivity index (χ2n) is 9.03. The van der Waals surface area contributed by atoms with Crippen molar-refractivity contribution in [3.8, 4) is 11.4 Å². The van der Waals surface area contributed by atoms with Crippen LogP contribution in [0, 0.1) is 11.7 Å². The van der Waals surface area contributed by atoms with Gasteiger partial charge in [-0.3, -0.25) is 4.79 Å². The van der Waals surface area contributed by atoms with Crippen molar-refractivity contribution in [2.24, 2.45) is 5.92 Å². The lowest BCUT2D eigenvalue weighted by Gasteiger charge is -2.34. The first-order valence-corrected chi connectivity index (χ1v) is 11.7. The van der Waals surface area contributed by atoms with Crippen molar-refractivity contribution in [2.45, 2.75) is 51.0 Å². The summed E-state index contributed by atoms with van der Waals surface area (Å²) in [4.78, 5) is 24.4. The summed E-state index contributed by atoms with van der Waals surface area (Å²) in [6.07, 6.45) is 6.86.